The van der Waals surface area contributed by atoms with E-state index in [9.17, 15) is 4.79 Å². The van der Waals surface area contributed by atoms with E-state index >= 15 is 0 Å². The van der Waals surface area contributed by atoms with Crippen molar-refractivity contribution in [2.75, 3.05) is 33.8 Å². The number of piperidine rings is 1. The summed E-state index contributed by atoms with van der Waals surface area (Å²) in [4.78, 5) is 17.6. The quantitative estimate of drug-likeness (QED) is 0.684. The summed E-state index contributed by atoms with van der Waals surface area (Å²) in [7, 11) is 3.79. The number of hydrogen-bond donors (Lipinski definition) is 0. The highest BCUT2D eigenvalue weighted by Gasteiger charge is 2.44. The molecule has 1 amide bonds. The molecule has 6 nitrogen and oxygen atoms in total. The summed E-state index contributed by atoms with van der Waals surface area (Å²) < 4.78 is 13.6. The van der Waals surface area contributed by atoms with E-state index in [4.69, 9.17) is 21.1 Å². The monoisotopic (exact) mass is 445 g/mol. The Bertz CT molecular complexity index is 950. The Morgan fingerprint density at radius 2 is 1.87 bits per heavy atom. The topological polar surface area (TPSA) is 46.9 Å². The first kappa shape index (κ1) is 22.0. The second-order valence-electron chi connectivity index (χ2n) is 8.64. The lowest BCUT2D eigenvalue weighted by atomic mass is 9.81. The Kier molecular flexibility index (Phi) is 6.22. The van der Waals surface area contributed by atoms with Crippen LogP contribution in [-0.4, -0.2) is 60.2 Å². The lowest BCUT2D eigenvalue weighted by Crippen LogP contribution is -2.56. The number of benzene rings is 1. The van der Waals surface area contributed by atoms with Gasteiger partial charge in [-0.15, -0.1) is 0 Å². The summed E-state index contributed by atoms with van der Waals surface area (Å²) in [6.07, 6.45) is 2.78. The number of rotatable bonds is 5. The summed E-state index contributed by atoms with van der Waals surface area (Å²) in [5.74, 6) is 1.31. The van der Waals surface area contributed by atoms with Gasteiger partial charge in [0.05, 0.1) is 18.8 Å². The van der Waals surface area contributed by atoms with Gasteiger partial charge in [0, 0.05) is 37.4 Å². The number of likely N-dealkylation sites (N-methyl/N-ethyl adjacent to an activating group) is 1. The lowest BCUT2D eigenvalue weighted by Gasteiger charge is -2.50. The van der Waals surface area contributed by atoms with Crippen molar-refractivity contribution in [2.45, 2.75) is 51.3 Å². The molecule has 2 aliphatic heterocycles. The average molecular weight is 446 g/mol. The largest absolute Gasteiger partial charge is 0.493 e. The van der Waals surface area contributed by atoms with Gasteiger partial charge in [-0.05, 0) is 63.6 Å². The molecule has 0 N–H and O–H groups in total. The van der Waals surface area contributed by atoms with E-state index < -0.39 is 0 Å². The van der Waals surface area contributed by atoms with Crippen molar-refractivity contribution in [3.8, 4) is 11.5 Å². The molecule has 0 unspecified atom stereocenters. The maximum Gasteiger partial charge on any atom is 0.253 e. The number of carbonyl (C=O) groups is 1. The molecule has 1 spiro atoms. The molecule has 0 aliphatic carbocycles. The van der Waals surface area contributed by atoms with Gasteiger partial charge in [-0.25, -0.2) is 0 Å². The summed E-state index contributed by atoms with van der Waals surface area (Å²) in [6.45, 7) is 7.39. The fourth-order valence-electron chi connectivity index (χ4n) is 4.83. The molecule has 0 bridgehead atoms. The number of halogens is 1. The van der Waals surface area contributed by atoms with Crippen LogP contribution >= 0.6 is 11.6 Å². The Morgan fingerprint density at radius 1 is 1.13 bits per heavy atom. The molecular weight excluding hydrogens is 414 g/mol. The first-order valence-electron chi connectivity index (χ1n) is 11.1. The zero-order valence-electron chi connectivity index (χ0n) is 18.9. The molecule has 0 radical (unpaired) electrons. The zero-order chi connectivity index (χ0) is 22.2. The fourth-order valence-corrected chi connectivity index (χ4v) is 5.07. The molecule has 3 heterocycles. The van der Waals surface area contributed by atoms with Crippen molar-refractivity contribution < 1.29 is 14.3 Å². The number of hydrogen-bond acceptors (Lipinski definition) is 4. The van der Waals surface area contributed by atoms with E-state index in [1.807, 2.05) is 30.0 Å². The molecule has 1 aromatic carbocycles. The van der Waals surface area contributed by atoms with Crippen LogP contribution in [0.2, 0.25) is 5.15 Å². The predicted molar refractivity (Wildman–Crippen MR) is 122 cm³/mol. The Hall–Kier alpha value is -2.18. The van der Waals surface area contributed by atoms with Crippen molar-refractivity contribution in [2.24, 2.45) is 0 Å². The highest BCUT2D eigenvalue weighted by Crippen LogP contribution is 2.42. The van der Waals surface area contributed by atoms with Gasteiger partial charge in [-0.3, -0.25) is 9.69 Å². The van der Waals surface area contributed by atoms with Crippen LogP contribution < -0.4 is 9.47 Å². The van der Waals surface area contributed by atoms with Crippen LogP contribution in [0.4, 0.5) is 0 Å². The Balaban J connectivity index is 1.50. The molecule has 0 saturated carbocycles. The maximum atomic E-state index is 13.2. The number of carbonyl (C=O) groups excluding carboxylic acids is 1. The molecule has 2 aromatic rings. The molecule has 1 saturated heterocycles. The van der Waals surface area contributed by atoms with Gasteiger partial charge in [0.25, 0.3) is 5.91 Å². The van der Waals surface area contributed by atoms with Crippen molar-refractivity contribution in [3.05, 3.63) is 46.7 Å². The van der Waals surface area contributed by atoms with Crippen LogP contribution in [0, 0.1) is 0 Å². The van der Waals surface area contributed by atoms with Crippen molar-refractivity contribution in [3.63, 3.8) is 0 Å². The second-order valence-corrected chi connectivity index (χ2v) is 9.03. The third-order valence-corrected chi connectivity index (χ3v) is 7.32. The van der Waals surface area contributed by atoms with Crippen LogP contribution in [0.25, 0.3) is 0 Å². The fraction of sp³-hybridized carbons (Fsp3) is 0.542. The molecule has 168 valence electrons. The minimum atomic E-state index is -0.0617. The Labute approximate surface area is 189 Å². The molecule has 4 rings (SSSR count). The molecule has 7 heteroatoms. The van der Waals surface area contributed by atoms with Crippen molar-refractivity contribution >= 4 is 17.5 Å². The first-order chi connectivity index (χ1) is 14.9. The third kappa shape index (κ3) is 3.92. The number of fused-ring (bicyclic) bond motifs is 2. The van der Waals surface area contributed by atoms with Crippen molar-refractivity contribution in [1.29, 1.82) is 0 Å². The molecule has 1 aromatic heterocycles. The number of amides is 1. The Morgan fingerprint density at radius 3 is 2.55 bits per heavy atom. The first-order valence-corrected chi connectivity index (χ1v) is 11.5. The van der Waals surface area contributed by atoms with E-state index in [-0.39, 0.29) is 17.6 Å². The molecule has 31 heavy (non-hydrogen) atoms. The average Bonchev–Trinajstić information content (AvgIpc) is 3.18. The highest BCUT2D eigenvalue weighted by molar-refractivity contribution is 6.29. The second kappa shape index (κ2) is 8.75. The smallest absolute Gasteiger partial charge is 0.253 e. The van der Waals surface area contributed by atoms with Gasteiger partial charge in [0.15, 0.2) is 11.5 Å². The zero-order valence-corrected chi connectivity index (χ0v) is 19.6. The van der Waals surface area contributed by atoms with Crippen LogP contribution in [0.5, 0.6) is 11.5 Å². The van der Waals surface area contributed by atoms with E-state index in [1.165, 1.54) is 5.69 Å². The van der Waals surface area contributed by atoms with Gasteiger partial charge in [-0.2, -0.15) is 0 Å². The van der Waals surface area contributed by atoms with Crippen LogP contribution in [0.1, 0.15) is 49.2 Å². The maximum absolute atomic E-state index is 13.2. The van der Waals surface area contributed by atoms with Gasteiger partial charge in [0.2, 0.25) is 0 Å². The molecule has 2 aliphatic rings. The van der Waals surface area contributed by atoms with Crippen LogP contribution in [0.15, 0.2) is 30.3 Å². The van der Waals surface area contributed by atoms with E-state index in [0.717, 1.165) is 37.5 Å². The number of methoxy groups -OCH3 is 1. The number of aromatic nitrogens is 1. The molecule has 1 atom stereocenters. The highest BCUT2D eigenvalue weighted by atomic mass is 35.5. The molecular formula is C24H32ClN3O3. The number of likely N-dealkylation sites (tertiary alicyclic amines) is 1. The standard InChI is InChI=1S/C24H32ClN3O3/c1-5-17(2)31-19-7-6-18(16-20(19)30-4)23(29)27-12-10-24(11-13-27)21-8-9-22(25)28(21)15-14-26(24)3/h6-9,16-17H,5,10-15H2,1-4H3/t17-/m0/s1. The predicted octanol–water partition coefficient (Wildman–Crippen LogP) is 4.40. The summed E-state index contributed by atoms with van der Waals surface area (Å²) in [5.41, 5.74) is 1.84. The summed E-state index contributed by atoms with van der Waals surface area (Å²) in [6, 6.07) is 9.61. The van der Waals surface area contributed by atoms with Gasteiger partial charge < -0.3 is 18.9 Å². The minimum Gasteiger partial charge on any atom is -0.493 e. The van der Waals surface area contributed by atoms with Crippen LogP contribution in [-0.2, 0) is 12.1 Å². The van der Waals surface area contributed by atoms with Gasteiger partial charge in [-0.1, -0.05) is 18.5 Å². The van der Waals surface area contributed by atoms with E-state index in [2.05, 4.69) is 29.5 Å². The van der Waals surface area contributed by atoms with Crippen molar-refractivity contribution in [1.82, 2.24) is 14.4 Å². The van der Waals surface area contributed by atoms with Gasteiger partial charge >= 0.3 is 0 Å². The summed E-state index contributed by atoms with van der Waals surface area (Å²) in [5, 5.41) is 0.799. The number of nitrogens with zero attached hydrogens (tertiary/aromatic N) is 3. The lowest BCUT2D eigenvalue weighted by molar-refractivity contribution is 0.0131. The number of ether oxygens (including phenoxy) is 2. The molecule has 1 fully saturated rings. The van der Waals surface area contributed by atoms with E-state index in [1.54, 1.807) is 13.2 Å². The normalized spacial score (nSPS) is 19.2. The summed E-state index contributed by atoms with van der Waals surface area (Å²) >= 11 is 6.41. The van der Waals surface area contributed by atoms with Crippen LogP contribution in [0.3, 0.4) is 0 Å². The SMILES string of the molecule is CC[C@H](C)Oc1ccc(C(=O)N2CCC3(CC2)c2ccc(Cl)n2CCN3C)cc1OC. The van der Waals surface area contributed by atoms with E-state index in [0.29, 0.717) is 30.2 Å². The third-order valence-electron chi connectivity index (χ3n) is 6.99. The minimum absolute atomic E-state index is 0.0371. The van der Waals surface area contributed by atoms with Gasteiger partial charge in [0.1, 0.15) is 5.15 Å².